The number of allylic oxidation sites excluding steroid dienone is 1. The van der Waals surface area contributed by atoms with Crippen LogP contribution in [0.2, 0.25) is 0 Å². The summed E-state index contributed by atoms with van der Waals surface area (Å²) in [4.78, 5) is 34.1. The van der Waals surface area contributed by atoms with Gasteiger partial charge in [0, 0.05) is 17.8 Å². The molecule has 1 aliphatic heterocycles. The van der Waals surface area contributed by atoms with E-state index in [2.05, 4.69) is 17.2 Å². The maximum atomic E-state index is 12.2. The highest BCUT2D eigenvalue weighted by atomic mass is 16.6. The van der Waals surface area contributed by atoms with Gasteiger partial charge < -0.3 is 15.4 Å². The number of urea groups is 1. The summed E-state index contributed by atoms with van der Waals surface area (Å²) < 4.78 is 5.04. The van der Waals surface area contributed by atoms with Crippen molar-refractivity contribution in [3.63, 3.8) is 0 Å². The first-order valence-electron chi connectivity index (χ1n) is 6.74. The van der Waals surface area contributed by atoms with Crippen LogP contribution in [0, 0.1) is 10.1 Å². The van der Waals surface area contributed by atoms with Crippen LogP contribution in [0.4, 0.5) is 10.5 Å². The Hall–Kier alpha value is -3.16. The van der Waals surface area contributed by atoms with Gasteiger partial charge in [0.15, 0.2) is 0 Å². The van der Waals surface area contributed by atoms with Crippen LogP contribution in [-0.4, -0.2) is 23.5 Å². The Kier molecular flexibility index (Phi) is 4.75. The van der Waals surface area contributed by atoms with Crippen molar-refractivity contribution < 1.29 is 19.2 Å². The molecule has 1 aromatic rings. The highest BCUT2D eigenvalue weighted by Gasteiger charge is 2.32. The molecule has 2 rings (SSSR count). The van der Waals surface area contributed by atoms with Crippen molar-refractivity contribution >= 4 is 17.7 Å². The van der Waals surface area contributed by atoms with Gasteiger partial charge in [-0.05, 0) is 24.6 Å². The lowest BCUT2D eigenvalue weighted by Gasteiger charge is -2.28. The van der Waals surface area contributed by atoms with Crippen molar-refractivity contribution in [2.75, 3.05) is 6.61 Å². The van der Waals surface area contributed by atoms with Gasteiger partial charge in [-0.15, -0.1) is 0 Å². The fourth-order valence-electron chi connectivity index (χ4n) is 2.22. The number of rotatable bonds is 5. The fraction of sp³-hybridized carbons (Fsp3) is 0.200. The van der Waals surface area contributed by atoms with E-state index in [4.69, 9.17) is 4.74 Å². The molecule has 0 unspecified atom stereocenters. The molecular weight excluding hydrogens is 302 g/mol. The predicted molar refractivity (Wildman–Crippen MR) is 81.4 cm³/mol. The Morgan fingerprint density at radius 2 is 2.09 bits per heavy atom. The molecule has 120 valence electrons. The maximum absolute atomic E-state index is 12.2. The van der Waals surface area contributed by atoms with E-state index >= 15 is 0 Å². The van der Waals surface area contributed by atoms with Gasteiger partial charge in [-0.1, -0.05) is 12.7 Å². The summed E-state index contributed by atoms with van der Waals surface area (Å²) >= 11 is 0. The number of carbonyl (C=O) groups is 2. The van der Waals surface area contributed by atoms with E-state index < -0.39 is 23.0 Å². The van der Waals surface area contributed by atoms with Crippen molar-refractivity contribution in [3.05, 3.63) is 63.9 Å². The smallest absolute Gasteiger partial charge is 0.338 e. The molecule has 0 aromatic heterocycles. The molecule has 1 aromatic carbocycles. The summed E-state index contributed by atoms with van der Waals surface area (Å²) in [6.45, 7) is 5.09. The molecule has 0 radical (unpaired) electrons. The summed E-state index contributed by atoms with van der Waals surface area (Å²) in [5.74, 6) is -0.599. The van der Waals surface area contributed by atoms with Gasteiger partial charge in [-0.25, -0.2) is 9.59 Å². The van der Waals surface area contributed by atoms with Crippen LogP contribution in [0.25, 0.3) is 0 Å². The van der Waals surface area contributed by atoms with Crippen LogP contribution in [-0.2, 0) is 9.53 Å². The number of esters is 1. The van der Waals surface area contributed by atoms with Crippen molar-refractivity contribution in [1.82, 2.24) is 10.6 Å². The third kappa shape index (κ3) is 3.54. The molecule has 23 heavy (non-hydrogen) atoms. The Morgan fingerprint density at radius 1 is 1.43 bits per heavy atom. The van der Waals surface area contributed by atoms with E-state index in [-0.39, 0.29) is 17.9 Å². The molecule has 2 amide bonds. The monoisotopic (exact) mass is 317 g/mol. The van der Waals surface area contributed by atoms with Gasteiger partial charge in [-0.3, -0.25) is 10.1 Å². The SMILES string of the molecule is C=CCOC(=O)C1=C(C)NC(=O)N[C@H]1c1ccc([N+](=O)[O-])cc1. The quantitative estimate of drug-likeness (QED) is 0.373. The lowest BCUT2D eigenvalue weighted by molar-refractivity contribution is -0.384. The van der Waals surface area contributed by atoms with E-state index in [0.717, 1.165) is 0 Å². The topological polar surface area (TPSA) is 111 Å². The number of hydrogen-bond acceptors (Lipinski definition) is 5. The van der Waals surface area contributed by atoms with Crippen molar-refractivity contribution in [3.8, 4) is 0 Å². The molecule has 1 atom stereocenters. The first kappa shape index (κ1) is 16.2. The number of nitro groups is 1. The second-order valence-corrected chi connectivity index (χ2v) is 4.81. The van der Waals surface area contributed by atoms with Crippen LogP contribution in [0.1, 0.15) is 18.5 Å². The number of ether oxygens (including phenoxy) is 1. The summed E-state index contributed by atoms with van der Waals surface area (Å²) in [5, 5.41) is 15.8. The van der Waals surface area contributed by atoms with Crippen LogP contribution in [0.3, 0.4) is 0 Å². The molecule has 8 heteroatoms. The van der Waals surface area contributed by atoms with Gasteiger partial charge in [0.05, 0.1) is 16.5 Å². The summed E-state index contributed by atoms with van der Waals surface area (Å²) in [6.07, 6.45) is 1.43. The number of amides is 2. The number of benzene rings is 1. The van der Waals surface area contributed by atoms with Crippen LogP contribution in [0.15, 0.2) is 48.2 Å². The number of carbonyl (C=O) groups excluding carboxylic acids is 2. The van der Waals surface area contributed by atoms with Crippen LogP contribution >= 0.6 is 0 Å². The first-order chi connectivity index (χ1) is 10.9. The minimum absolute atomic E-state index is 0.0382. The molecule has 1 heterocycles. The van der Waals surface area contributed by atoms with E-state index in [0.29, 0.717) is 11.3 Å². The molecular formula is C15H15N3O5. The Bertz CT molecular complexity index is 694. The minimum Gasteiger partial charge on any atom is -0.458 e. The Labute approximate surface area is 132 Å². The van der Waals surface area contributed by atoms with E-state index in [1.807, 2.05) is 0 Å². The van der Waals surface area contributed by atoms with Crippen LogP contribution in [0.5, 0.6) is 0 Å². The van der Waals surface area contributed by atoms with E-state index in [9.17, 15) is 19.7 Å². The first-order valence-corrected chi connectivity index (χ1v) is 6.74. The number of non-ortho nitro benzene ring substituents is 1. The number of nitrogens with one attached hydrogen (secondary N) is 2. The molecule has 0 spiro atoms. The second-order valence-electron chi connectivity index (χ2n) is 4.81. The average Bonchev–Trinajstić information content (AvgIpc) is 2.52. The molecule has 2 N–H and O–H groups in total. The summed E-state index contributed by atoms with van der Waals surface area (Å²) in [5.41, 5.74) is 1.06. The van der Waals surface area contributed by atoms with Gasteiger partial charge in [-0.2, -0.15) is 0 Å². The predicted octanol–water partition coefficient (Wildman–Crippen LogP) is 1.95. The normalized spacial score (nSPS) is 17.1. The molecule has 0 saturated heterocycles. The highest BCUT2D eigenvalue weighted by Crippen LogP contribution is 2.28. The maximum Gasteiger partial charge on any atom is 0.338 e. The second kappa shape index (κ2) is 6.73. The molecule has 0 saturated carbocycles. The third-order valence-corrected chi connectivity index (χ3v) is 3.26. The zero-order valence-corrected chi connectivity index (χ0v) is 12.4. The molecule has 0 fully saturated rings. The van der Waals surface area contributed by atoms with Gasteiger partial charge in [0.25, 0.3) is 5.69 Å². The van der Waals surface area contributed by atoms with Gasteiger partial charge in [0.1, 0.15) is 6.61 Å². The van der Waals surface area contributed by atoms with E-state index in [1.54, 1.807) is 6.92 Å². The number of hydrogen-bond donors (Lipinski definition) is 2. The average molecular weight is 317 g/mol. The minimum atomic E-state index is -0.748. The number of nitrogens with zero attached hydrogens (tertiary/aromatic N) is 1. The van der Waals surface area contributed by atoms with Crippen LogP contribution < -0.4 is 10.6 Å². The van der Waals surface area contributed by atoms with Crippen molar-refractivity contribution in [2.24, 2.45) is 0 Å². The number of nitro benzene ring substituents is 1. The summed E-state index contributed by atoms with van der Waals surface area (Å²) in [6, 6.07) is 4.38. The van der Waals surface area contributed by atoms with Gasteiger partial charge in [0.2, 0.25) is 0 Å². The molecule has 0 bridgehead atoms. The van der Waals surface area contributed by atoms with Gasteiger partial charge >= 0.3 is 12.0 Å². The zero-order valence-electron chi connectivity index (χ0n) is 12.4. The largest absolute Gasteiger partial charge is 0.458 e. The molecule has 8 nitrogen and oxygen atoms in total. The lowest BCUT2D eigenvalue weighted by Crippen LogP contribution is -2.45. The Morgan fingerprint density at radius 3 is 2.65 bits per heavy atom. The highest BCUT2D eigenvalue weighted by molar-refractivity contribution is 5.95. The lowest BCUT2D eigenvalue weighted by atomic mass is 9.95. The van der Waals surface area contributed by atoms with Crippen molar-refractivity contribution in [1.29, 1.82) is 0 Å². The third-order valence-electron chi connectivity index (χ3n) is 3.26. The zero-order chi connectivity index (χ0) is 17.0. The standard InChI is InChI=1S/C15H15N3O5/c1-3-8-23-14(19)12-9(2)16-15(20)17-13(12)10-4-6-11(7-5-10)18(21)22/h3-7,13H,1,8H2,2H3,(H2,16,17,20)/t13-/m0/s1. The molecule has 0 aliphatic carbocycles. The Balaban J connectivity index is 2.37. The fourth-order valence-corrected chi connectivity index (χ4v) is 2.22. The summed E-state index contributed by atoms with van der Waals surface area (Å²) in [7, 11) is 0. The van der Waals surface area contributed by atoms with E-state index in [1.165, 1.54) is 30.3 Å². The van der Waals surface area contributed by atoms with Crippen molar-refractivity contribution in [2.45, 2.75) is 13.0 Å². The molecule has 1 aliphatic rings.